The van der Waals surface area contributed by atoms with Crippen LogP contribution in [0.2, 0.25) is 0 Å². The highest BCUT2D eigenvalue weighted by molar-refractivity contribution is 6.13. The van der Waals surface area contributed by atoms with Crippen molar-refractivity contribution < 1.29 is 9.30 Å². The second-order valence-electron chi connectivity index (χ2n) is 7.62. The van der Waals surface area contributed by atoms with Crippen LogP contribution in [0.5, 0.6) is 5.75 Å². The van der Waals surface area contributed by atoms with E-state index in [0.717, 1.165) is 39.8 Å². The first-order valence-corrected chi connectivity index (χ1v) is 10.4. The van der Waals surface area contributed by atoms with Crippen molar-refractivity contribution in [3.63, 3.8) is 0 Å². The zero-order chi connectivity index (χ0) is 22.2. The van der Waals surface area contributed by atoms with Crippen molar-refractivity contribution in [2.75, 3.05) is 7.11 Å². The number of methoxy groups -OCH3 is 1. The molecule has 6 nitrogen and oxygen atoms in total. The Labute approximate surface area is 186 Å². The van der Waals surface area contributed by atoms with E-state index in [1.54, 1.807) is 11.8 Å². The van der Waals surface area contributed by atoms with Gasteiger partial charge in [-0.3, -0.25) is 9.48 Å². The number of aliphatic imine (C=N–C) groups is 1. The molecule has 0 fully saturated rings. The Morgan fingerprint density at radius 3 is 2.38 bits per heavy atom. The van der Waals surface area contributed by atoms with E-state index in [4.69, 9.17) is 9.73 Å². The fraction of sp³-hybridized carbons (Fsp3) is 0.115. The van der Waals surface area contributed by atoms with Crippen LogP contribution < -0.4 is 14.9 Å². The van der Waals surface area contributed by atoms with E-state index in [1.807, 2.05) is 104 Å². The van der Waals surface area contributed by atoms with Crippen LogP contribution in [0.25, 0.3) is 11.4 Å². The third-order valence-corrected chi connectivity index (χ3v) is 5.80. The van der Waals surface area contributed by atoms with Crippen LogP contribution in [0.15, 0.2) is 94.9 Å². The average molecular weight is 423 g/mol. The van der Waals surface area contributed by atoms with Crippen molar-refractivity contribution in [1.29, 1.82) is 0 Å². The van der Waals surface area contributed by atoms with Crippen molar-refractivity contribution in [3.8, 4) is 11.4 Å². The Bertz CT molecular complexity index is 1430. The number of para-hydroxylation sites is 1. The molecular formula is C26H23N4O2+. The maximum Gasteiger partial charge on any atom is 0.297 e. The van der Waals surface area contributed by atoms with E-state index < -0.39 is 0 Å². The summed E-state index contributed by atoms with van der Waals surface area (Å²) in [7, 11) is 3.53. The molecule has 6 heteroatoms. The molecule has 1 aliphatic rings. The summed E-state index contributed by atoms with van der Waals surface area (Å²) in [6.07, 6.45) is 4.03. The number of nitrogens with zero attached hydrogens (tertiary/aromatic N) is 4. The number of ether oxygens (including phenoxy) is 1. The Morgan fingerprint density at radius 1 is 0.938 bits per heavy atom. The summed E-state index contributed by atoms with van der Waals surface area (Å²) in [4.78, 5) is 18.2. The molecule has 1 aliphatic heterocycles. The van der Waals surface area contributed by atoms with E-state index in [-0.39, 0.29) is 5.56 Å². The number of allylic oxidation sites excluding steroid dienone is 1. The van der Waals surface area contributed by atoms with Crippen LogP contribution in [0.1, 0.15) is 17.0 Å². The Morgan fingerprint density at radius 2 is 1.66 bits per heavy atom. The van der Waals surface area contributed by atoms with Crippen molar-refractivity contribution in [2.45, 2.75) is 6.92 Å². The third-order valence-electron chi connectivity index (χ3n) is 5.80. The molecule has 32 heavy (non-hydrogen) atoms. The van der Waals surface area contributed by atoms with Gasteiger partial charge >= 0.3 is 0 Å². The fourth-order valence-corrected chi connectivity index (χ4v) is 4.01. The van der Waals surface area contributed by atoms with Gasteiger partial charge in [0.2, 0.25) is 11.4 Å². The van der Waals surface area contributed by atoms with Crippen LogP contribution in [0.3, 0.4) is 0 Å². The molecule has 0 spiro atoms. The van der Waals surface area contributed by atoms with Gasteiger partial charge in [-0.25, -0.2) is 9.67 Å². The van der Waals surface area contributed by atoms with Crippen LogP contribution in [0.4, 0.5) is 5.69 Å². The average Bonchev–Trinajstić information content (AvgIpc) is 3.30. The highest BCUT2D eigenvalue weighted by atomic mass is 16.5. The number of pyridine rings is 1. The standard InChI is InChI=1S/C26H23N4O2/c1-18-25(26(31)30(28(18)2)20-9-5-4-6-10-20)27-22-17-24(29-16-8-7-11-23(22)29)19-12-14-21(32-3)15-13-19/h4-17H,1-3H3/q+1. The van der Waals surface area contributed by atoms with Gasteiger partial charge in [0.1, 0.15) is 11.5 Å². The number of fused-ring (bicyclic) bond motifs is 1. The van der Waals surface area contributed by atoms with Gasteiger partial charge in [-0.15, -0.1) is 0 Å². The zero-order valence-electron chi connectivity index (χ0n) is 18.2. The first kappa shape index (κ1) is 19.8. The Kier molecular flexibility index (Phi) is 4.82. The van der Waals surface area contributed by atoms with E-state index >= 15 is 0 Å². The quantitative estimate of drug-likeness (QED) is 0.469. The van der Waals surface area contributed by atoms with E-state index in [1.165, 1.54) is 0 Å². The van der Waals surface area contributed by atoms with Crippen molar-refractivity contribution in [3.05, 3.63) is 112 Å². The molecule has 158 valence electrons. The number of aromatic nitrogens is 3. The lowest BCUT2D eigenvalue weighted by Crippen LogP contribution is -2.34. The molecule has 0 amide bonds. The highest BCUT2D eigenvalue weighted by Crippen LogP contribution is 2.24. The summed E-state index contributed by atoms with van der Waals surface area (Å²) < 4.78 is 10.9. The number of benzene rings is 2. The number of rotatable bonds is 4. The fourth-order valence-electron chi connectivity index (χ4n) is 4.01. The summed E-state index contributed by atoms with van der Waals surface area (Å²) in [5, 5.41) is 0. The van der Waals surface area contributed by atoms with Crippen LogP contribution in [-0.2, 0) is 7.05 Å². The third kappa shape index (κ3) is 3.17. The molecule has 3 heterocycles. The highest BCUT2D eigenvalue weighted by Gasteiger charge is 2.30. The van der Waals surface area contributed by atoms with E-state index in [0.29, 0.717) is 5.69 Å². The second-order valence-corrected chi connectivity index (χ2v) is 7.62. The molecule has 0 N–H and O–H groups in total. The smallest absolute Gasteiger partial charge is 0.297 e. The van der Waals surface area contributed by atoms with E-state index in [2.05, 4.69) is 4.57 Å². The van der Waals surface area contributed by atoms with Crippen molar-refractivity contribution in [1.82, 2.24) is 9.36 Å². The van der Waals surface area contributed by atoms with Gasteiger partial charge in [-0.05, 0) is 49.4 Å². The first-order chi connectivity index (χ1) is 15.6. The topological polar surface area (TPSA) is 52.4 Å². The monoisotopic (exact) mass is 423 g/mol. The van der Waals surface area contributed by atoms with Crippen LogP contribution >= 0.6 is 0 Å². The molecule has 2 aromatic heterocycles. The SMILES string of the molecule is COc1ccc(C2=C/C(=N\c3c(C)n(C)n(-c4ccccc4)c3=O)c3cccc[n+]32)cc1. The molecule has 4 aromatic rings. The predicted molar refractivity (Wildman–Crippen MR) is 125 cm³/mol. The number of hydrogen-bond acceptors (Lipinski definition) is 3. The summed E-state index contributed by atoms with van der Waals surface area (Å²) >= 11 is 0. The molecule has 0 atom stereocenters. The summed E-state index contributed by atoms with van der Waals surface area (Å²) in [6.45, 7) is 1.92. The van der Waals surface area contributed by atoms with Gasteiger partial charge in [0.05, 0.1) is 18.5 Å². The normalized spacial score (nSPS) is 13.8. The Hall–Kier alpha value is -4.19. The molecule has 0 saturated heterocycles. The lowest BCUT2D eigenvalue weighted by Gasteiger charge is -2.07. The molecule has 0 unspecified atom stereocenters. The predicted octanol–water partition coefficient (Wildman–Crippen LogP) is 3.80. The molecule has 0 radical (unpaired) electrons. The molecule has 0 bridgehead atoms. The molecule has 0 saturated carbocycles. The van der Waals surface area contributed by atoms with Gasteiger partial charge in [0.25, 0.3) is 5.56 Å². The second kappa shape index (κ2) is 7.81. The lowest BCUT2D eigenvalue weighted by atomic mass is 10.1. The summed E-state index contributed by atoms with van der Waals surface area (Å²) in [5.41, 5.74) is 5.64. The minimum absolute atomic E-state index is 0.141. The van der Waals surface area contributed by atoms with Gasteiger partial charge < -0.3 is 4.74 Å². The van der Waals surface area contributed by atoms with Crippen molar-refractivity contribution in [2.24, 2.45) is 12.0 Å². The van der Waals surface area contributed by atoms with E-state index in [9.17, 15) is 4.79 Å². The van der Waals surface area contributed by atoms with Crippen LogP contribution in [0, 0.1) is 6.92 Å². The lowest BCUT2D eigenvalue weighted by molar-refractivity contribution is -0.577. The molecule has 0 aliphatic carbocycles. The maximum atomic E-state index is 13.3. The molecular weight excluding hydrogens is 400 g/mol. The minimum atomic E-state index is -0.141. The van der Waals surface area contributed by atoms with Gasteiger partial charge in [0, 0.05) is 30.8 Å². The van der Waals surface area contributed by atoms with Gasteiger partial charge in [0.15, 0.2) is 11.9 Å². The van der Waals surface area contributed by atoms with Crippen molar-refractivity contribution >= 4 is 17.1 Å². The number of hydrogen-bond donors (Lipinski definition) is 0. The largest absolute Gasteiger partial charge is 0.497 e. The van der Waals surface area contributed by atoms with Gasteiger partial charge in [-0.2, -0.15) is 4.57 Å². The van der Waals surface area contributed by atoms with Gasteiger partial charge in [-0.1, -0.05) is 18.2 Å². The zero-order valence-corrected chi connectivity index (χ0v) is 18.2. The minimum Gasteiger partial charge on any atom is -0.497 e. The molecule has 5 rings (SSSR count). The summed E-state index contributed by atoms with van der Waals surface area (Å²) in [5.74, 6) is 0.806. The van der Waals surface area contributed by atoms with Crippen LogP contribution in [-0.4, -0.2) is 22.2 Å². The summed E-state index contributed by atoms with van der Waals surface area (Å²) in [6, 6.07) is 23.5. The Balaban J connectivity index is 1.66. The maximum absolute atomic E-state index is 13.3. The molecule has 2 aromatic carbocycles. The first-order valence-electron chi connectivity index (χ1n) is 10.4.